The summed E-state index contributed by atoms with van der Waals surface area (Å²) in [6.45, 7) is 14.0. The summed E-state index contributed by atoms with van der Waals surface area (Å²) in [5.74, 6) is 0. The van der Waals surface area contributed by atoms with E-state index in [2.05, 4.69) is 20.8 Å². The van der Waals surface area contributed by atoms with E-state index in [0.717, 1.165) is 5.56 Å². The number of hydrogen-bond donors (Lipinski definition) is 0. The molecule has 2 aromatic rings. The predicted octanol–water partition coefficient (Wildman–Crippen LogP) is 4.95. The Balaban J connectivity index is 2.10. The van der Waals surface area contributed by atoms with E-state index >= 15 is 0 Å². The van der Waals surface area contributed by atoms with Crippen LogP contribution in [0.5, 0.6) is 0 Å². The Bertz CT molecular complexity index is 902. The lowest BCUT2D eigenvalue weighted by Crippen LogP contribution is -2.41. The van der Waals surface area contributed by atoms with Crippen molar-refractivity contribution in [1.29, 1.82) is 0 Å². The number of hydrogen-bond acceptors (Lipinski definition) is 2. The normalized spacial score (nSPS) is 21.5. The van der Waals surface area contributed by atoms with Gasteiger partial charge in [-0.25, -0.2) is 0 Å². The molecule has 0 saturated carbocycles. The summed E-state index contributed by atoms with van der Waals surface area (Å²) in [5, 5.41) is 0. The molecule has 0 radical (unpaired) electrons. The first-order chi connectivity index (χ1) is 13.2. The van der Waals surface area contributed by atoms with E-state index in [0.29, 0.717) is 11.1 Å². The average molecular weight is 340 g/mol. The summed E-state index contributed by atoms with van der Waals surface area (Å²) in [5.41, 5.74) is 0.994. The van der Waals surface area contributed by atoms with Crippen LogP contribution >= 0.6 is 0 Å². The molecule has 25 heavy (non-hydrogen) atoms. The van der Waals surface area contributed by atoms with Crippen LogP contribution in [0.15, 0.2) is 48.4 Å². The van der Waals surface area contributed by atoms with E-state index in [4.69, 9.17) is 14.8 Å². The van der Waals surface area contributed by atoms with Gasteiger partial charge in [0.2, 0.25) is 0 Å². The molecule has 2 nitrogen and oxygen atoms in total. The van der Waals surface area contributed by atoms with Crippen LogP contribution in [-0.4, -0.2) is 18.3 Å². The molecule has 0 bridgehead atoms. The van der Waals surface area contributed by atoms with Gasteiger partial charge in [-0.3, -0.25) is 0 Å². The molecular formula is C22H29BO2. The zero-order valence-corrected chi connectivity index (χ0v) is 16.2. The zero-order valence-electron chi connectivity index (χ0n) is 20.2. The molecule has 3 heteroatoms. The minimum Gasteiger partial charge on any atom is -0.399 e. The summed E-state index contributed by atoms with van der Waals surface area (Å²) in [6, 6.07) is 7.25. The van der Waals surface area contributed by atoms with Gasteiger partial charge in [-0.1, -0.05) is 69.2 Å². The van der Waals surface area contributed by atoms with Gasteiger partial charge < -0.3 is 9.31 Å². The second-order valence-electron chi connectivity index (χ2n) is 8.70. The standard InChI is InChI=1S/C22H29BO2/c1-20(2,3)18-12-8-16(9-13-18)17-10-14-19(15-11-17)23-24-21(4,5)22(6,7)25-23/h8-15H,1-7H3/i10D,11D,14D,15D. The first-order valence-electron chi connectivity index (χ1n) is 10.7. The van der Waals surface area contributed by atoms with E-state index in [1.54, 1.807) is 0 Å². The highest BCUT2D eigenvalue weighted by atomic mass is 16.7. The van der Waals surface area contributed by atoms with Gasteiger partial charge in [-0.15, -0.1) is 0 Å². The van der Waals surface area contributed by atoms with Crippen LogP contribution in [0, 0.1) is 0 Å². The molecule has 0 aliphatic carbocycles. The van der Waals surface area contributed by atoms with Crippen molar-refractivity contribution in [3.8, 4) is 11.1 Å². The van der Waals surface area contributed by atoms with Gasteiger partial charge in [-0.2, -0.15) is 0 Å². The number of benzene rings is 2. The fraction of sp³-hybridized carbons (Fsp3) is 0.455. The number of rotatable bonds is 2. The van der Waals surface area contributed by atoms with Gasteiger partial charge in [-0.05, 0) is 55.3 Å². The van der Waals surface area contributed by atoms with Crippen molar-refractivity contribution < 1.29 is 14.8 Å². The summed E-state index contributed by atoms with van der Waals surface area (Å²) in [6.07, 6.45) is 0. The SMILES string of the molecule is [2H]c1c([2H])c(-c2ccc(C(C)(C)C)cc2)c([2H])c([2H])c1B1OC(C)(C)C(C)(C)O1. The maximum absolute atomic E-state index is 8.55. The lowest BCUT2D eigenvalue weighted by molar-refractivity contribution is 0.00578. The summed E-state index contributed by atoms with van der Waals surface area (Å²) in [4.78, 5) is 0. The molecule has 1 aliphatic heterocycles. The molecule has 0 aromatic heterocycles. The Morgan fingerprint density at radius 1 is 0.800 bits per heavy atom. The molecule has 0 unspecified atom stereocenters. The van der Waals surface area contributed by atoms with E-state index < -0.39 is 18.3 Å². The predicted molar refractivity (Wildman–Crippen MR) is 106 cm³/mol. The average Bonchev–Trinajstić information content (AvgIpc) is 2.80. The second-order valence-corrected chi connectivity index (χ2v) is 8.70. The maximum atomic E-state index is 8.55. The molecule has 1 heterocycles. The van der Waals surface area contributed by atoms with Gasteiger partial charge in [0.15, 0.2) is 0 Å². The van der Waals surface area contributed by atoms with Crippen LogP contribution in [0.25, 0.3) is 11.1 Å². The molecule has 0 spiro atoms. The fourth-order valence-corrected chi connectivity index (χ4v) is 2.68. The van der Waals surface area contributed by atoms with Crippen LogP contribution in [-0.2, 0) is 14.7 Å². The molecule has 1 aliphatic rings. The topological polar surface area (TPSA) is 18.5 Å². The minimum atomic E-state index is -0.939. The van der Waals surface area contributed by atoms with E-state index in [1.165, 1.54) is 0 Å². The van der Waals surface area contributed by atoms with Crippen LogP contribution < -0.4 is 5.46 Å². The Labute approximate surface area is 158 Å². The van der Waals surface area contributed by atoms with Gasteiger partial charge >= 0.3 is 7.12 Å². The highest BCUT2D eigenvalue weighted by Gasteiger charge is 2.51. The van der Waals surface area contributed by atoms with Crippen LogP contribution in [0.1, 0.15) is 59.5 Å². The zero-order chi connectivity index (χ0) is 21.9. The summed E-state index contributed by atoms with van der Waals surface area (Å²) in [7, 11) is -0.939. The Morgan fingerprint density at radius 2 is 1.28 bits per heavy atom. The van der Waals surface area contributed by atoms with Crippen molar-refractivity contribution >= 4 is 12.6 Å². The van der Waals surface area contributed by atoms with Crippen LogP contribution in [0.4, 0.5) is 0 Å². The van der Waals surface area contributed by atoms with Gasteiger partial charge in [0.05, 0.1) is 16.7 Å². The van der Waals surface area contributed by atoms with Crippen molar-refractivity contribution in [3.05, 3.63) is 54.0 Å². The molecule has 0 amide bonds. The third-order valence-electron chi connectivity index (χ3n) is 5.17. The molecule has 132 valence electrons. The Morgan fingerprint density at radius 3 is 1.72 bits per heavy atom. The molecular weight excluding hydrogens is 307 g/mol. The fourth-order valence-electron chi connectivity index (χ4n) is 2.68. The minimum absolute atomic E-state index is 0.00605. The second kappa shape index (κ2) is 6.00. The monoisotopic (exact) mass is 340 g/mol. The van der Waals surface area contributed by atoms with Crippen LogP contribution in [0.2, 0.25) is 0 Å². The maximum Gasteiger partial charge on any atom is 0.494 e. The third kappa shape index (κ3) is 3.54. The van der Waals surface area contributed by atoms with Crippen LogP contribution in [0.3, 0.4) is 0 Å². The molecule has 1 fully saturated rings. The van der Waals surface area contributed by atoms with E-state index in [1.807, 2.05) is 52.0 Å². The lowest BCUT2D eigenvalue weighted by Gasteiger charge is -2.32. The quantitative estimate of drug-likeness (QED) is 0.720. The lowest BCUT2D eigenvalue weighted by atomic mass is 9.78. The smallest absolute Gasteiger partial charge is 0.399 e. The Hall–Kier alpha value is -1.58. The van der Waals surface area contributed by atoms with Gasteiger partial charge in [0.1, 0.15) is 0 Å². The van der Waals surface area contributed by atoms with Crippen molar-refractivity contribution in [2.75, 3.05) is 0 Å². The van der Waals surface area contributed by atoms with Crippen molar-refractivity contribution in [2.24, 2.45) is 0 Å². The molecule has 0 N–H and O–H groups in total. The largest absolute Gasteiger partial charge is 0.494 e. The van der Waals surface area contributed by atoms with Crippen molar-refractivity contribution in [1.82, 2.24) is 0 Å². The molecule has 3 rings (SSSR count). The summed E-state index contributed by atoms with van der Waals surface area (Å²) < 4.78 is 46.2. The van der Waals surface area contributed by atoms with Gasteiger partial charge in [0.25, 0.3) is 0 Å². The highest BCUT2D eigenvalue weighted by Crippen LogP contribution is 2.36. The first kappa shape index (κ1) is 13.6. The molecule has 1 saturated heterocycles. The van der Waals surface area contributed by atoms with Crippen molar-refractivity contribution in [2.45, 2.75) is 65.1 Å². The van der Waals surface area contributed by atoms with Crippen molar-refractivity contribution in [3.63, 3.8) is 0 Å². The highest BCUT2D eigenvalue weighted by molar-refractivity contribution is 6.62. The van der Waals surface area contributed by atoms with E-state index in [9.17, 15) is 0 Å². The first-order valence-corrected chi connectivity index (χ1v) is 8.74. The third-order valence-corrected chi connectivity index (χ3v) is 5.17. The molecule has 0 atom stereocenters. The summed E-state index contributed by atoms with van der Waals surface area (Å²) >= 11 is 0. The van der Waals surface area contributed by atoms with E-state index in [-0.39, 0.29) is 35.0 Å². The Kier molecular flexibility index (Phi) is 3.26. The molecule has 2 aromatic carbocycles. The van der Waals surface area contributed by atoms with Gasteiger partial charge in [0, 0.05) is 0 Å².